The lowest BCUT2D eigenvalue weighted by atomic mass is 10.2. The van der Waals surface area contributed by atoms with Crippen LogP contribution in [0.25, 0.3) is 0 Å². The van der Waals surface area contributed by atoms with Crippen molar-refractivity contribution in [3.05, 3.63) is 0 Å². The predicted octanol–water partition coefficient (Wildman–Crippen LogP) is 2.26. The topological polar surface area (TPSA) is 15.6 Å². The van der Waals surface area contributed by atoms with Gasteiger partial charge in [0.25, 0.3) is 0 Å². The zero-order valence-electron chi connectivity index (χ0n) is 7.64. The molecule has 2 nitrogen and oxygen atoms in total. The number of hydrogen-bond acceptors (Lipinski definition) is 2. The highest BCUT2D eigenvalue weighted by atomic mass is 15.5. The van der Waals surface area contributed by atoms with Crippen LogP contribution in [0.15, 0.2) is 5.10 Å². The smallest absolute Gasteiger partial charge is 0.0413 e. The van der Waals surface area contributed by atoms with Gasteiger partial charge in [-0.05, 0) is 12.8 Å². The third-order valence-corrected chi connectivity index (χ3v) is 1.96. The van der Waals surface area contributed by atoms with Crippen molar-refractivity contribution in [1.82, 2.24) is 5.01 Å². The zero-order valence-corrected chi connectivity index (χ0v) is 7.64. The van der Waals surface area contributed by atoms with Crippen LogP contribution < -0.4 is 0 Å². The fourth-order valence-corrected chi connectivity index (χ4v) is 1.44. The number of hydrazone groups is 1. The summed E-state index contributed by atoms with van der Waals surface area (Å²) in [6, 6.07) is 0. The van der Waals surface area contributed by atoms with Crippen LogP contribution >= 0.6 is 0 Å². The minimum atomic E-state index is 1.13. The molecule has 0 amide bonds. The summed E-state index contributed by atoms with van der Waals surface area (Å²) in [4.78, 5) is 0. The minimum Gasteiger partial charge on any atom is -0.297 e. The van der Waals surface area contributed by atoms with Crippen molar-refractivity contribution in [1.29, 1.82) is 0 Å². The molecule has 0 aliphatic carbocycles. The summed E-state index contributed by atoms with van der Waals surface area (Å²) in [5.41, 5.74) is 1.40. The summed E-state index contributed by atoms with van der Waals surface area (Å²) in [6.45, 7) is 6.70. The Bertz CT molecular complexity index is 140. The monoisotopic (exact) mass is 154 g/mol. The van der Waals surface area contributed by atoms with Crippen molar-refractivity contribution >= 4 is 5.71 Å². The molecule has 0 atom stereocenters. The van der Waals surface area contributed by atoms with Crippen LogP contribution in [-0.2, 0) is 0 Å². The first-order valence-corrected chi connectivity index (χ1v) is 4.68. The molecule has 0 spiro atoms. The first-order chi connectivity index (χ1) is 5.36. The largest absolute Gasteiger partial charge is 0.297 e. The molecule has 0 aromatic carbocycles. The molecule has 1 aliphatic heterocycles. The van der Waals surface area contributed by atoms with E-state index in [0.29, 0.717) is 0 Å². The van der Waals surface area contributed by atoms with Gasteiger partial charge in [0, 0.05) is 25.2 Å². The molecule has 1 heterocycles. The first kappa shape index (κ1) is 8.57. The van der Waals surface area contributed by atoms with Crippen molar-refractivity contribution in [2.24, 2.45) is 5.10 Å². The Balaban J connectivity index is 2.28. The molecule has 64 valence electrons. The third kappa shape index (κ3) is 2.52. The van der Waals surface area contributed by atoms with Crippen LogP contribution in [0.1, 0.15) is 39.5 Å². The van der Waals surface area contributed by atoms with Crippen LogP contribution in [-0.4, -0.2) is 23.8 Å². The van der Waals surface area contributed by atoms with Crippen LogP contribution in [0, 0.1) is 0 Å². The van der Waals surface area contributed by atoms with Gasteiger partial charge in [0.15, 0.2) is 0 Å². The number of nitrogens with zero attached hydrogens (tertiary/aromatic N) is 2. The van der Waals surface area contributed by atoms with E-state index in [2.05, 4.69) is 24.0 Å². The summed E-state index contributed by atoms with van der Waals surface area (Å²) in [5, 5.41) is 6.72. The molecule has 1 aliphatic rings. The summed E-state index contributed by atoms with van der Waals surface area (Å²) in [6.07, 6.45) is 4.84. The highest BCUT2D eigenvalue weighted by Crippen LogP contribution is 2.09. The molecule has 0 radical (unpaired) electrons. The average Bonchev–Trinajstić information content (AvgIpc) is 2.38. The Kier molecular flexibility index (Phi) is 3.40. The van der Waals surface area contributed by atoms with E-state index >= 15 is 0 Å². The molecule has 0 aromatic rings. The van der Waals surface area contributed by atoms with Crippen LogP contribution in [0.2, 0.25) is 0 Å². The second kappa shape index (κ2) is 4.37. The lowest BCUT2D eigenvalue weighted by Crippen LogP contribution is -2.14. The second-order valence-electron chi connectivity index (χ2n) is 3.12. The van der Waals surface area contributed by atoms with Gasteiger partial charge >= 0.3 is 0 Å². The quantitative estimate of drug-likeness (QED) is 0.606. The van der Waals surface area contributed by atoms with Gasteiger partial charge in [-0.2, -0.15) is 5.10 Å². The van der Waals surface area contributed by atoms with Gasteiger partial charge in [-0.1, -0.05) is 20.3 Å². The van der Waals surface area contributed by atoms with Gasteiger partial charge in [-0.15, -0.1) is 0 Å². The van der Waals surface area contributed by atoms with Gasteiger partial charge < -0.3 is 0 Å². The van der Waals surface area contributed by atoms with E-state index in [9.17, 15) is 0 Å². The summed E-state index contributed by atoms with van der Waals surface area (Å²) >= 11 is 0. The lowest BCUT2D eigenvalue weighted by molar-refractivity contribution is 0.319. The van der Waals surface area contributed by atoms with E-state index in [0.717, 1.165) is 13.1 Å². The normalized spacial score (nSPS) is 17.3. The SMILES string of the molecule is CCCC1=NN(CCC)CC1. The van der Waals surface area contributed by atoms with E-state index in [1.807, 2.05) is 0 Å². The molecule has 0 aromatic heterocycles. The molecule has 0 saturated heterocycles. The van der Waals surface area contributed by atoms with Crippen molar-refractivity contribution in [2.45, 2.75) is 39.5 Å². The summed E-state index contributed by atoms with van der Waals surface area (Å²) in [7, 11) is 0. The van der Waals surface area contributed by atoms with Crippen molar-refractivity contribution in [2.75, 3.05) is 13.1 Å². The second-order valence-corrected chi connectivity index (χ2v) is 3.12. The molecule has 11 heavy (non-hydrogen) atoms. The first-order valence-electron chi connectivity index (χ1n) is 4.68. The molecule has 0 bridgehead atoms. The van der Waals surface area contributed by atoms with Crippen LogP contribution in [0.4, 0.5) is 0 Å². The lowest BCUT2D eigenvalue weighted by Gasteiger charge is -2.10. The highest BCUT2D eigenvalue weighted by Gasteiger charge is 2.11. The summed E-state index contributed by atoms with van der Waals surface area (Å²) in [5.74, 6) is 0. The standard InChI is InChI=1S/C9H18N2/c1-3-5-9-6-8-11(10-9)7-4-2/h3-8H2,1-2H3. The van der Waals surface area contributed by atoms with Gasteiger partial charge in [-0.25, -0.2) is 0 Å². The fraction of sp³-hybridized carbons (Fsp3) is 0.889. The van der Waals surface area contributed by atoms with Gasteiger partial charge in [0.05, 0.1) is 0 Å². The van der Waals surface area contributed by atoms with Gasteiger partial charge in [0.1, 0.15) is 0 Å². The molecule has 0 fully saturated rings. The molecule has 0 saturated carbocycles. The third-order valence-electron chi connectivity index (χ3n) is 1.96. The maximum Gasteiger partial charge on any atom is 0.0413 e. The Morgan fingerprint density at radius 3 is 2.82 bits per heavy atom. The number of rotatable bonds is 4. The molecule has 2 heteroatoms. The van der Waals surface area contributed by atoms with E-state index in [1.54, 1.807) is 0 Å². The molecule has 0 unspecified atom stereocenters. The predicted molar refractivity (Wildman–Crippen MR) is 48.8 cm³/mol. The minimum absolute atomic E-state index is 1.13. The maximum atomic E-state index is 4.52. The van der Waals surface area contributed by atoms with Crippen molar-refractivity contribution in [3.8, 4) is 0 Å². The van der Waals surface area contributed by atoms with E-state index < -0.39 is 0 Å². The number of hydrogen-bond donors (Lipinski definition) is 0. The Labute approximate surface area is 69.3 Å². The van der Waals surface area contributed by atoms with Crippen molar-refractivity contribution in [3.63, 3.8) is 0 Å². The highest BCUT2D eigenvalue weighted by molar-refractivity contribution is 5.85. The Morgan fingerprint density at radius 1 is 1.36 bits per heavy atom. The van der Waals surface area contributed by atoms with E-state index in [4.69, 9.17) is 0 Å². The fourth-order valence-electron chi connectivity index (χ4n) is 1.44. The summed E-state index contributed by atoms with van der Waals surface area (Å²) < 4.78 is 0. The zero-order chi connectivity index (χ0) is 8.10. The molecule has 0 N–H and O–H groups in total. The molecular weight excluding hydrogens is 136 g/mol. The van der Waals surface area contributed by atoms with Crippen LogP contribution in [0.5, 0.6) is 0 Å². The van der Waals surface area contributed by atoms with Crippen molar-refractivity contribution < 1.29 is 0 Å². The van der Waals surface area contributed by atoms with E-state index in [1.165, 1.54) is 31.4 Å². The Morgan fingerprint density at radius 2 is 2.18 bits per heavy atom. The molecule has 1 rings (SSSR count). The van der Waals surface area contributed by atoms with Gasteiger partial charge in [0.2, 0.25) is 0 Å². The van der Waals surface area contributed by atoms with Crippen LogP contribution in [0.3, 0.4) is 0 Å². The average molecular weight is 154 g/mol. The van der Waals surface area contributed by atoms with Gasteiger partial charge in [-0.3, -0.25) is 5.01 Å². The molecular formula is C9H18N2. The maximum absolute atomic E-state index is 4.52. The van der Waals surface area contributed by atoms with E-state index in [-0.39, 0.29) is 0 Å². The Hall–Kier alpha value is -0.530.